The van der Waals surface area contributed by atoms with Crippen molar-refractivity contribution in [1.29, 1.82) is 0 Å². The third-order valence-corrected chi connectivity index (χ3v) is 6.87. The fourth-order valence-electron chi connectivity index (χ4n) is 4.88. The van der Waals surface area contributed by atoms with Gasteiger partial charge in [0.2, 0.25) is 0 Å². The minimum absolute atomic E-state index is 0.0490. The number of phenols is 1. The number of hydrogen-bond acceptors (Lipinski definition) is 6. The van der Waals surface area contributed by atoms with Gasteiger partial charge in [0.1, 0.15) is 5.75 Å². The highest BCUT2D eigenvalue weighted by Crippen LogP contribution is 2.46. The number of fused-ring (bicyclic) bond motifs is 1. The summed E-state index contributed by atoms with van der Waals surface area (Å²) < 4.78 is 10.9. The molecular weight excluding hydrogens is 464 g/mol. The lowest BCUT2D eigenvalue weighted by Crippen LogP contribution is -2.27. The maximum absolute atomic E-state index is 13.7. The minimum atomic E-state index is -0.456. The Morgan fingerprint density at radius 2 is 1.77 bits per heavy atom. The van der Waals surface area contributed by atoms with Crippen LogP contribution in [0.1, 0.15) is 42.9 Å². The predicted octanol–water partition coefficient (Wildman–Crippen LogP) is 6.43. The maximum atomic E-state index is 13.7. The van der Waals surface area contributed by atoms with Gasteiger partial charge >= 0.3 is 0 Å². The monoisotopic (exact) mass is 490 g/mol. The molecule has 0 amide bonds. The summed E-state index contributed by atoms with van der Waals surface area (Å²) in [5.41, 5.74) is 5.18. The fraction of sp³-hybridized carbons (Fsp3) is 0.250. The summed E-state index contributed by atoms with van der Waals surface area (Å²) in [5.74, 6) is 1.09. The molecule has 0 radical (unpaired) electrons. The molecule has 3 aromatic carbocycles. The van der Waals surface area contributed by atoms with Gasteiger partial charge in [-0.25, -0.2) is 0 Å². The van der Waals surface area contributed by atoms with Crippen LogP contribution in [0.4, 0.5) is 11.4 Å². The van der Waals surface area contributed by atoms with E-state index in [0.717, 1.165) is 33.9 Å². The van der Waals surface area contributed by atoms with Crippen LogP contribution >= 0.6 is 11.6 Å². The Hall–Kier alpha value is -3.64. The number of halogens is 1. The van der Waals surface area contributed by atoms with E-state index in [9.17, 15) is 9.90 Å². The molecule has 1 aliphatic carbocycles. The number of ether oxygens (including phenoxy) is 2. The Bertz CT molecular complexity index is 1300. The number of benzene rings is 3. The van der Waals surface area contributed by atoms with Gasteiger partial charge in [-0.05, 0) is 66.8 Å². The quantitative estimate of drug-likeness (QED) is 0.382. The van der Waals surface area contributed by atoms with E-state index in [1.165, 1.54) is 0 Å². The molecule has 0 unspecified atom stereocenters. The first-order valence-electron chi connectivity index (χ1n) is 11.7. The average Bonchev–Trinajstić information content (AvgIpc) is 3.04. The van der Waals surface area contributed by atoms with Crippen LogP contribution in [0.25, 0.3) is 0 Å². The number of aromatic hydroxyl groups is 1. The zero-order valence-electron chi connectivity index (χ0n) is 19.6. The van der Waals surface area contributed by atoms with Gasteiger partial charge in [-0.2, -0.15) is 0 Å². The van der Waals surface area contributed by atoms with Gasteiger partial charge in [-0.3, -0.25) is 4.79 Å². The van der Waals surface area contributed by atoms with E-state index in [1.807, 2.05) is 55.5 Å². The summed E-state index contributed by atoms with van der Waals surface area (Å²) in [6.45, 7) is 2.22. The number of phenolic OH excluding ortho intramolecular Hbond substituents is 1. The van der Waals surface area contributed by atoms with E-state index < -0.39 is 6.04 Å². The summed E-state index contributed by atoms with van der Waals surface area (Å²) in [7, 11) is 1.64. The van der Waals surface area contributed by atoms with Crippen molar-refractivity contribution in [2.75, 3.05) is 24.4 Å². The molecule has 2 aliphatic rings. The minimum Gasteiger partial charge on any atom is -0.503 e. The van der Waals surface area contributed by atoms with E-state index in [-0.39, 0.29) is 22.5 Å². The molecule has 1 heterocycles. The molecular formula is C28H27ClN2O4. The van der Waals surface area contributed by atoms with E-state index in [2.05, 4.69) is 10.6 Å². The third kappa shape index (κ3) is 4.42. The number of carbonyl (C=O) groups excluding carboxylic acids is 1. The number of anilines is 2. The summed E-state index contributed by atoms with van der Waals surface area (Å²) >= 11 is 6.37. The van der Waals surface area contributed by atoms with Gasteiger partial charge in [0, 0.05) is 17.7 Å². The molecule has 0 spiro atoms. The normalized spacial score (nSPS) is 19.1. The van der Waals surface area contributed by atoms with Crippen molar-refractivity contribution in [3.8, 4) is 17.2 Å². The molecule has 180 valence electrons. The third-order valence-electron chi connectivity index (χ3n) is 6.58. The molecule has 7 heteroatoms. The highest BCUT2D eigenvalue weighted by atomic mass is 35.5. The van der Waals surface area contributed by atoms with Crippen LogP contribution in [0.2, 0.25) is 5.02 Å². The summed E-state index contributed by atoms with van der Waals surface area (Å²) in [5, 5.41) is 17.6. The number of ketones is 1. The summed E-state index contributed by atoms with van der Waals surface area (Å²) in [4.78, 5) is 13.7. The molecule has 5 rings (SSSR count). The van der Waals surface area contributed by atoms with Crippen molar-refractivity contribution in [2.24, 2.45) is 0 Å². The van der Waals surface area contributed by atoms with Crippen molar-refractivity contribution in [3.05, 3.63) is 88.1 Å². The van der Waals surface area contributed by atoms with Crippen molar-refractivity contribution >= 4 is 28.8 Å². The number of para-hydroxylation sites is 2. The van der Waals surface area contributed by atoms with Crippen molar-refractivity contribution in [1.82, 2.24) is 0 Å². The van der Waals surface area contributed by atoms with E-state index in [0.29, 0.717) is 30.8 Å². The average molecular weight is 491 g/mol. The maximum Gasteiger partial charge on any atom is 0.176 e. The molecule has 3 N–H and O–H groups in total. The van der Waals surface area contributed by atoms with Gasteiger partial charge < -0.3 is 25.2 Å². The van der Waals surface area contributed by atoms with Gasteiger partial charge in [-0.15, -0.1) is 0 Å². The predicted molar refractivity (Wildman–Crippen MR) is 138 cm³/mol. The standard InChI is InChI=1S/C28H27ClN2O4/c1-3-35-25-15-18(12-20(29)28(25)33)27-26-23(30-21-6-4-5-7-22(21)31-27)13-17(14-24(26)32)16-8-10-19(34-2)11-9-16/h4-12,15,17,27,30-31,33H,3,13-14H2,1-2H3/t17-,27+/m1/s1. The van der Waals surface area contributed by atoms with Crippen LogP contribution in [-0.2, 0) is 4.79 Å². The molecule has 0 saturated heterocycles. The van der Waals surface area contributed by atoms with E-state index in [1.54, 1.807) is 19.2 Å². The van der Waals surface area contributed by atoms with E-state index in [4.69, 9.17) is 21.1 Å². The Kier molecular flexibility index (Phi) is 6.31. The molecule has 35 heavy (non-hydrogen) atoms. The van der Waals surface area contributed by atoms with Crippen LogP contribution in [-0.4, -0.2) is 24.6 Å². The second-order valence-electron chi connectivity index (χ2n) is 8.72. The lowest BCUT2D eigenvalue weighted by Gasteiger charge is -2.30. The number of rotatable bonds is 5. The Balaban J connectivity index is 1.60. The molecule has 0 saturated carbocycles. The first kappa shape index (κ1) is 23.1. The Morgan fingerprint density at radius 1 is 1.03 bits per heavy atom. The van der Waals surface area contributed by atoms with Gasteiger partial charge in [0.05, 0.1) is 36.2 Å². The molecule has 2 atom stereocenters. The van der Waals surface area contributed by atoms with Crippen LogP contribution in [0.3, 0.4) is 0 Å². The topological polar surface area (TPSA) is 79.8 Å². The van der Waals surface area contributed by atoms with Crippen LogP contribution in [0.5, 0.6) is 17.2 Å². The Labute approximate surface area is 209 Å². The first-order valence-corrected chi connectivity index (χ1v) is 12.0. The smallest absolute Gasteiger partial charge is 0.176 e. The molecule has 0 aromatic heterocycles. The van der Waals surface area contributed by atoms with Crippen molar-refractivity contribution < 1.29 is 19.4 Å². The number of methoxy groups -OCH3 is 1. The number of Topliss-reactive ketones (excluding diaryl/α,β-unsaturated/α-hetero) is 1. The summed E-state index contributed by atoms with van der Waals surface area (Å²) in [6, 6.07) is 18.8. The molecule has 3 aromatic rings. The van der Waals surface area contributed by atoms with Crippen molar-refractivity contribution in [2.45, 2.75) is 31.7 Å². The molecule has 6 nitrogen and oxygen atoms in total. The van der Waals surface area contributed by atoms with Gasteiger partial charge in [-0.1, -0.05) is 35.9 Å². The van der Waals surface area contributed by atoms with Crippen molar-refractivity contribution in [3.63, 3.8) is 0 Å². The molecule has 0 bridgehead atoms. The van der Waals surface area contributed by atoms with Crippen LogP contribution in [0, 0.1) is 0 Å². The number of nitrogens with one attached hydrogen (secondary N) is 2. The largest absolute Gasteiger partial charge is 0.503 e. The zero-order valence-corrected chi connectivity index (χ0v) is 20.4. The van der Waals surface area contributed by atoms with Gasteiger partial charge in [0.15, 0.2) is 17.3 Å². The number of allylic oxidation sites excluding steroid dienone is 1. The highest BCUT2D eigenvalue weighted by Gasteiger charge is 2.36. The van der Waals surface area contributed by atoms with Crippen LogP contribution < -0.4 is 20.1 Å². The lowest BCUT2D eigenvalue weighted by atomic mass is 9.78. The second kappa shape index (κ2) is 9.55. The molecule has 1 aliphatic heterocycles. The van der Waals surface area contributed by atoms with Gasteiger partial charge in [0.25, 0.3) is 0 Å². The number of hydrogen-bond donors (Lipinski definition) is 3. The number of carbonyl (C=O) groups is 1. The lowest BCUT2D eigenvalue weighted by molar-refractivity contribution is -0.116. The second-order valence-corrected chi connectivity index (χ2v) is 9.13. The Morgan fingerprint density at radius 3 is 2.49 bits per heavy atom. The fourth-order valence-corrected chi connectivity index (χ4v) is 5.10. The highest BCUT2D eigenvalue weighted by molar-refractivity contribution is 6.32. The van der Waals surface area contributed by atoms with E-state index >= 15 is 0 Å². The molecule has 0 fully saturated rings. The first-order chi connectivity index (χ1) is 17.0. The van der Waals surface area contributed by atoms with Crippen LogP contribution in [0.15, 0.2) is 71.9 Å². The zero-order chi connectivity index (χ0) is 24.5. The summed E-state index contributed by atoms with van der Waals surface area (Å²) in [6.07, 6.45) is 1.08. The SMILES string of the molecule is CCOc1cc([C@@H]2Nc3ccccc3NC3=C2C(=O)C[C@H](c2ccc(OC)cc2)C3)cc(Cl)c1O.